The summed E-state index contributed by atoms with van der Waals surface area (Å²) in [5.41, 5.74) is 0.700. The van der Waals surface area contributed by atoms with Crippen molar-refractivity contribution in [2.75, 3.05) is 13.6 Å². The molecule has 1 aromatic carbocycles. The molecule has 1 aromatic heterocycles. The monoisotopic (exact) mass is 444 g/mol. The van der Waals surface area contributed by atoms with Crippen LogP contribution in [0.3, 0.4) is 0 Å². The third-order valence-corrected chi connectivity index (χ3v) is 3.97. The second kappa shape index (κ2) is 8.95. The van der Waals surface area contributed by atoms with Crippen molar-refractivity contribution >= 4 is 29.9 Å². The number of rotatable bonds is 5. The lowest BCUT2D eigenvalue weighted by atomic mass is 10.1. The van der Waals surface area contributed by atoms with Gasteiger partial charge in [-0.15, -0.1) is 34.2 Å². The summed E-state index contributed by atoms with van der Waals surface area (Å²) in [5.74, 6) is 2.49. The largest absolute Gasteiger partial charge is 0.356 e. The van der Waals surface area contributed by atoms with Gasteiger partial charge in [-0.25, -0.2) is 4.39 Å². The molecule has 0 saturated carbocycles. The van der Waals surface area contributed by atoms with E-state index in [1.165, 1.54) is 6.07 Å². The van der Waals surface area contributed by atoms with Gasteiger partial charge in [0, 0.05) is 26.6 Å². The summed E-state index contributed by atoms with van der Waals surface area (Å²) in [6, 6.07) is 6.82. The fraction of sp³-hybridized carbons (Fsp3) is 0.438. The van der Waals surface area contributed by atoms with Crippen LogP contribution >= 0.6 is 24.0 Å². The lowest BCUT2D eigenvalue weighted by Crippen LogP contribution is -2.38. The molecule has 0 amide bonds. The highest BCUT2D eigenvalue weighted by Crippen LogP contribution is 2.13. The number of nitrogens with zero attached hydrogens (tertiary/aromatic N) is 4. The predicted octanol–water partition coefficient (Wildman–Crippen LogP) is 1.89. The van der Waals surface area contributed by atoms with Crippen LogP contribution in [-0.4, -0.2) is 34.3 Å². The van der Waals surface area contributed by atoms with Gasteiger partial charge in [-0.05, 0) is 24.5 Å². The van der Waals surface area contributed by atoms with Crippen molar-refractivity contribution in [3.63, 3.8) is 0 Å². The number of guanidine groups is 1. The SMILES string of the molecule is CN=C(NCCc1ccccc1F)NCc1nnc2n1CCC2.I. The van der Waals surface area contributed by atoms with Crippen LogP contribution < -0.4 is 10.6 Å². The van der Waals surface area contributed by atoms with Gasteiger partial charge < -0.3 is 15.2 Å². The molecular weight excluding hydrogens is 422 g/mol. The van der Waals surface area contributed by atoms with Crippen LogP contribution in [0.1, 0.15) is 23.6 Å². The van der Waals surface area contributed by atoms with Crippen LogP contribution in [0.25, 0.3) is 0 Å². The minimum Gasteiger partial charge on any atom is -0.356 e. The standard InChI is InChI=1S/C16H21FN6.HI/c1-18-16(19-9-8-12-5-2-3-6-13(12)17)20-11-15-22-21-14-7-4-10-23(14)15;/h2-3,5-6H,4,7-11H2,1H3,(H2,18,19,20);1H. The van der Waals surface area contributed by atoms with Crippen molar-refractivity contribution < 1.29 is 4.39 Å². The number of fused-ring (bicyclic) bond motifs is 1. The molecule has 2 aromatic rings. The summed E-state index contributed by atoms with van der Waals surface area (Å²) >= 11 is 0. The van der Waals surface area contributed by atoms with Crippen molar-refractivity contribution in [3.05, 3.63) is 47.3 Å². The van der Waals surface area contributed by atoms with E-state index in [9.17, 15) is 4.39 Å². The molecule has 8 heteroatoms. The molecule has 0 spiro atoms. The van der Waals surface area contributed by atoms with Gasteiger partial charge in [-0.1, -0.05) is 18.2 Å². The fourth-order valence-electron chi connectivity index (χ4n) is 2.74. The predicted molar refractivity (Wildman–Crippen MR) is 102 cm³/mol. The van der Waals surface area contributed by atoms with E-state index in [1.54, 1.807) is 19.2 Å². The number of aryl methyl sites for hydroxylation is 1. The van der Waals surface area contributed by atoms with Crippen LogP contribution in [-0.2, 0) is 25.9 Å². The first-order chi connectivity index (χ1) is 11.3. The van der Waals surface area contributed by atoms with E-state index in [1.807, 2.05) is 6.07 Å². The average Bonchev–Trinajstić information content (AvgIpc) is 3.16. The molecule has 0 radical (unpaired) electrons. The molecule has 3 rings (SSSR count). The number of aliphatic imine (C=N–C) groups is 1. The number of benzene rings is 1. The molecule has 0 aliphatic carbocycles. The highest BCUT2D eigenvalue weighted by atomic mass is 127. The van der Waals surface area contributed by atoms with Gasteiger partial charge in [-0.3, -0.25) is 4.99 Å². The number of aromatic nitrogens is 3. The Labute approximate surface area is 158 Å². The summed E-state index contributed by atoms with van der Waals surface area (Å²) in [6.45, 7) is 2.17. The molecule has 6 nitrogen and oxygen atoms in total. The maximum Gasteiger partial charge on any atom is 0.191 e. The zero-order valence-electron chi connectivity index (χ0n) is 13.6. The fourth-order valence-corrected chi connectivity index (χ4v) is 2.74. The van der Waals surface area contributed by atoms with Gasteiger partial charge >= 0.3 is 0 Å². The third-order valence-electron chi connectivity index (χ3n) is 3.97. The maximum atomic E-state index is 13.6. The number of halogens is 2. The highest BCUT2D eigenvalue weighted by Gasteiger charge is 2.16. The van der Waals surface area contributed by atoms with Gasteiger partial charge in [0.15, 0.2) is 11.8 Å². The van der Waals surface area contributed by atoms with Crippen LogP contribution in [0.5, 0.6) is 0 Å². The van der Waals surface area contributed by atoms with Crippen molar-refractivity contribution in [1.29, 1.82) is 0 Å². The molecule has 0 saturated heterocycles. The zero-order chi connectivity index (χ0) is 16.1. The van der Waals surface area contributed by atoms with Crippen LogP contribution in [0.2, 0.25) is 0 Å². The Morgan fingerprint density at radius 2 is 2.12 bits per heavy atom. The minimum absolute atomic E-state index is 0. The minimum atomic E-state index is -0.170. The quantitative estimate of drug-likeness (QED) is 0.420. The molecule has 2 N–H and O–H groups in total. The van der Waals surface area contributed by atoms with Crippen LogP contribution in [0, 0.1) is 5.82 Å². The zero-order valence-corrected chi connectivity index (χ0v) is 16.0. The van der Waals surface area contributed by atoms with Crippen LogP contribution in [0.15, 0.2) is 29.3 Å². The molecule has 0 atom stereocenters. The Morgan fingerprint density at radius 3 is 2.92 bits per heavy atom. The Bertz CT molecular complexity index is 700. The van der Waals surface area contributed by atoms with E-state index < -0.39 is 0 Å². The lowest BCUT2D eigenvalue weighted by Gasteiger charge is -2.12. The summed E-state index contributed by atoms with van der Waals surface area (Å²) in [4.78, 5) is 4.18. The Balaban J connectivity index is 0.00000208. The van der Waals surface area contributed by atoms with Gasteiger partial charge in [0.2, 0.25) is 0 Å². The molecule has 1 aliphatic rings. The lowest BCUT2D eigenvalue weighted by molar-refractivity contribution is 0.606. The Kier molecular flexibility index (Phi) is 6.95. The topological polar surface area (TPSA) is 67.1 Å². The first kappa shape index (κ1) is 18.6. The van der Waals surface area contributed by atoms with Crippen molar-refractivity contribution in [2.24, 2.45) is 4.99 Å². The van der Waals surface area contributed by atoms with Gasteiger partial charge in [0.1, 0.15) is 11.6 Å². The van der Waals surface area contributed by atoms with E-state index in [0.29, 0.717) is 31.0 Å². The summed E-state index contributed by atoms with van der Waals surface area (Å²) in [5, 5.41) is 14.8. The molecule has 0 fully saturated rings. The maximum absolute atomic E-state index is 13.6. The molecular formula is C16H22FIN6. The second-order valence-electron chi connectivity index (χ2n) is 5.48. The molecule has 0 bridgehead atoms. The second-order valence-corrected chi connectivity index (χ2v) is 5.48. The van der Waals surface area contributed by atoms with E-state index in [2.05, 4.69) is 30.4 Å². The Hall–Kier alpha value is -1.71. The number of hydrogen-bond acceptors (Lipinski definition) is 3. The number of nitrogens with one attached hydrogen (secondary N) is 2. The number of hydrogen-bond donors (Lipinski definition) is 2. The Morgan fingerprint density at radius 1 is 1.29 bits per heavy atom. The average molecular weight is 444 g/mol. The molecule has 1 aliphatic heterocycles. The van der Waals surface area contributed by atoms with E-state index >= 15 is 0 Å². The van der Waals surface area contributed by atoms with Crippen molar-refractivity contribution in [3.8, 4) is 0 Å². The van der Waals surface area contributed by atoms with Crippen molar-refractivity contribution in [1.82, 2.24) is 25.4 Å². The smallest absolute Gasteiger partial charge is 0.191 e. The summed E-state index contributed by atoms with van der Waals surface area (Å²) < 4.78 is 15.7. The van der Waals surface area contributed by atoms with E-state index in [-0.39, 0.29) is 29.8 Å². The van der Waals surface area contributed by atoms with Gasteiger partial charge in [0.25, 0.3) is 0 Å². The third kappa shape index (κ3) is 4.43. The van der Waals surface area contributed by atoms with Gasteiger partial charge in [-0.2, -0.15) is 0 Å². The normalized spacial score (nSPS) is 13.3. The summed E-state index contributed by atoms with van der Waals surface area (Å²) in [6.07, 6.45) is 2.74. The molecule has 0 unspecified atom stereocenters. The van der Waals surface area contributed by atoms with E-state index in [4.69, 9.17) is 0 Å². The highest BCUT2D eigenvalue weighted by molar-refractivity contribution is 14.0. The molecule has 2 heterocycles. The van der Waals surface area contributed by atoms with Crippen molar-refractivity contribution in [2.45, 2.75) is 32.4 Å². The summed E-state index contributed by atoms with van der Waals surface area (Å²) in [7, 11) is 1.71. The first-order valence-corrected chi connectivity index (χ1v) is 7.87. The van der Waals surface area contributed by atoms with Crippen LogP contribution in [0.4, 0.5) is 4.39 Å². The van der Waals surface area contributed by atoms with Gasteiger partial charge in [0.05, 0.1) is 6.54 Å². The first-order valence-electron chi connectivity index (χ1n) is 7.87. The molecule has 130 valence electrons. The molecule has 24 heavy (non-hydrogen) atoms. The van der Waals surface area contributed by atoms with E-state index in [0.717, 1.165) is 31.0 Å².